The van der Waals surface area contributed by atoms with Gasteiger partial charge in [-0.3, -0.25) is 0 Å². The van der Waals surface area contributed by atoms with E-state index in [0.29, 0.717) is 8.81 Å². The normalized spacial score (nSPS) is 13.9. The number of hydrogen-bond acceptors (Lipinski definition) is 5. The molecule has 0 radical (unpaired) electrons. The van der Waals surface area contributed by atoms with Gasteiger partial charge in [0.1, 0.15) is 4.21 Å². The Bertz CT molecular complexity index is 456. The minimum Gasteiger partial charge on any atom is -0.395 e. The van der Waals surface area contributed by atoms with Crippen LogP contribution in [0.1, 0.15) is 0 Å². The number of ether oxygens (including phenoxy) is 1. The minimum atomic E-state index is -3.68. The van der Waals surface area contributed by atoms with E-state index in [1.165, 1.54) is 13.2 Å². The Morgan fingerprint density at radius 3 is 2.76 bits per heavy atom. The summed E-state index contributed by atoms with van der Waals surface area (Å²) in [5.74, 6) is 0. The Morgan fingerprint density at radius 1 is 1.71 bits per heavy atom. The van der Waals surface area contributed by atoms with Crippen LogP contribution in [0.15, 0.2) is 14.1 Å². The van der Waals surface area contributed by atoms with E-state index in [2.05, 4.69) is 20.7 Å². The highest BCUT2D eigenvalue weighted by molar-refractivity contribution is 9.11. The smallest absolute Gasteiger partial charge is 0.250 e. The van der Waals surface area contributed by atoms with Crippen molar-refractivity contribution in [2.24, 2.45) is 0 Å². The quantitative estimate of drug-likeness (QED) is 0.801. The van der Waals surface area contributed by atoms with E-state index in [1.807, 2.05) is 0 Å². The highest BCUT2D eigenvalue weighted by atomic mass is 79.9. The van der Waals surface area contributed by atoms with Gasteiger partial charge in [-0.1, -0.05) is 11.6 Å². The van der Waals surface area contributed by atoms with Gasteiger partial charge in [-0.15, -0.1) is 11.3 Å². The van der Waals surface area contributed by atoms with E-state index in [1.54, 1.807) is 0 Å². The van der Waals surface area contributed by atoms with Crippen LogP contribution < -0.4 is 4.72 Å². The van der Waals surface area contributed by atoms with Gasteiger partial charge in [-0.25, -0.2) is 13.1 Å². The van der Waals surface area contributed by atoms with Crippen molar-refractivity contribution in [3.8, 4) is 0 Å². The van der Waals surface area contributed by atoms with E-state index >= 15 is 0 Å². The highest BCUT2D eigenvalue weighted by Crippen LogP contribution is 2.34. The van der Waals surface area contributed by atoms with Crippen molar-refractivity contribution in [3.05, 3.63) is 14.9 Å². The van der Waals surface area contributed by atoms with Crippen LogP contribution in [-0.2, 0) is 14.8 Å². The van der Waals surface area contributed by atoms with E-state index in [4.69, 9.17) is 21.4 Å². The fraction of sp³-hybridized carbons (Fsp3) is 0.500. The van der Waals surface area contributed by atoms with Gasteiger partial charge in [-0.2, -0.15) is 0 Å². The van der Waals surface area contributed by atoms with E-state index in [0.717, 1.165) is 11.3 Å². The van der Waals surface area contributed by atoms with Crippen molar-refractivity contribution in [2.45, 2.75) is 10.3 Å². The molecule has 0 spiro atoms. The summed E-state index contributed by atoms with van der Waals surface area (Å²) in [5, 5.41) is 9.32. The van der Waals surface area contributed by atoms with Crippen LogP contribution in [0.5, 0.6) is 0 Å². The lowest BCUT2D eigenvalue weighted by Crippen LogP contribution is -2.40. The van der Waals surface area contributed by atoms with E-state index < -0.39 is 16.1 Å². The molecule has 1 rings (SSSR count). The van der Waals surface area contributed by atoms with Crippen LogP contribution in [0.2, 0.25) is 5.02 Å². The number of aliphatic hydroxyl groups is 1. The van der Waals surface area contributed by atoms with Gasteiger partial charge in [-0.05, 0) is 22.0 Å². The van der Waals surface area contributed by atoms with Crippen molar-refractivity contribution in [1.29, 1.82) is 0 Å². The lowest BCUT2D eigenvalue weighted by molar-refractivity contribution is 0.139. The number of halogens is 2. The highest BCUT2D eigenvalue weighted by Gasteiger charge is 2.22. The third kappa shape index (κ3) is 4.16. The van der Waals surface area contributed by atoms with Gasteiger partial charge in [0.2, 0.25) is 0 Å². The lowest BCUT2D eigenvalue weighted by Gasteiger charge is -2.14. The van der Waals surface area contributed by atoms with Crippen LogP contribution in [0.4, 0.5) is 0 Å². The van der Waals surface area contributed by atoms with Crippen LogP contribution in [0.25, 0.3) is 0 Å². The molecule has 0 aliphatic rings. The Hall–Kier alpha value is 0.300. The number of methoxy groups -OCH3 is 1. The second kappa shape index (κ2) is 6.46. The molecule has 1 atom stereocenters. The van der Waals surface area contributed by atoms with Crippen LogP contribution >= 0.6 is 38.9 Å². The Kier molecular flexibility index (Phi) is 5.84. The molecule has 1 aromatic rings. The molecule has 2 N–H and O–H groups in total. The topological polar surface area (TPSA) is 75.6 Å². The zero-order valence-corrected chi connectivity index (χ0v) is 12.8. The first-order chi connectivity index (χ1) is 7.90. The first-order valence-corrected chi connectivity index (χ1v) is 7.94. The zero-order valence-electron chi connectivity index (χ0n) is 8.81. The largest absolute Gasteiger partial charge is 0.395 e. The fourth-order valence-electron chi connectivity index (χ4n) is 1.06. The Labute approximate surface area is 117 Å². The maximum atomic E-state index is 11.9. The van der Waals surface area contributed by atoms with E-state index in [9.17, 15) is 8.42 Å². The van der Waals surface area contributed by atoms with Gasteiger partial charge in [0, 0.05) is 7.11 Å². The molecule has 9 heteroatoms. The van der Waals surface area contributed by atoms with Crippen LogP contribution in [0, 0.1) is 0 Å². The van der Waals surface area contributed by atoms with Gasteiger partial charge in [0.25, 0.3) is 10.0 Å². The zero-order chi connectivity index (χ0) is 13.1. The number of hydrogen-bond donors (Lipinski definition) is 2. The first-order valence-electron chi connectivity index (χ1n) is 4.47. The number of thiophene rings is 1. The molecule has 17 heavy (non-hydrogen) atoms. The van der Waals surface area contributed by atoms with Crippen molar-refractivity contribution in [3.63, 3.8) is 0 Å². The Morgan fingerprint density at radius 2 is 2.35 bits per heavy atom. The standard InChI is InChI=1S/C8H11BrClNO4S2/c1-15-4-5(3-12)11-17(13,14)7-2-6(10)8(9)16-7/h2,5,11-12H,3-4H2,1H3. The third-order valence-corrected chi connectivity index (χ3v) is 6.27. The molecule has 98 valence electrons. The van der Waals surface area contributed by atoms with Crippen molar-refractivity contribution >= 4 is 48.9 Å². The molecular weight excluding hydrogens is 354 g/mol. The van der Waals surface area contributed by atoms with Crippen LogP contribution in [0.3, 0.4) is 0 Å². The Balaban J connectivity index is 2.88. The maximum absolute atomic E-state index is 11.9. The molecule has 1 aromatic heterocycles. The summed E-state index contributed by atoms with van der Waals surface area (Å²) in [6.45, 7) is -0.247. The molecule has 0 aliphatic carbocycles. The molecule has 0 bridgehead atoms. The summed E-state index contributed by atoms with van der Waals surface area (Å²) < 4.78 is 31.5. The fourth-order valence-corrected chi connectivity index (χ4v) is 4.69. The number of rotatable bonds is 6. The van der Waals surface area contributed by atoms with E-state index in [-0.39, 0.29) is 17.4 Å². The molecule has 0 amide bonds. The number of aliphatic hydroxyl groups excluding tert-OH is 1. The number of nitrogens with one attached hydrogen (secondary N) is 1. The van der Waals surface area contributed by atoms with Crippen molar-refractivity contribution < 1.29 is 18.3 Å². The maximum Gasteiger partial charge on any atom is 0.250 e. The molecule has 0 saturated heterocycles. The van der Waals surface area contributed by atoms with Gasteiger partial charge in [0.05, 0.1) is 28.1 Å². The third-order valence-electron chi connectivity index (χ3n) is 1.80. The average Bonchev–Trinajstić information content (AvgIpc) is 2.59. The molecule has 0 fully saturated rings. The average molecular weight is 365 g/mol. The van der Waals surface area contributed by atoms with Crippen molar-refractivity contribution in [1.82, 2.24) is 4.72 Å². The molecule has 0 aromatic carbocycles. The summed E-state index contributed by atoms with van der Waals surface area (Å²) in [7, 11) is -2.26. The molecule has 1 heterocycles. The first kappa shape index (κ1) is 15.4. The van der Waals surface area contributed by atoms with Crippen LogP contribution in [-0.4, -0.2) is 39.9 Å². The summed E-state index contributed by atoms with van der Waals surface area (Å²) in [4.78, 5) is 0. The number of sulfonamides is 1. The SMILES string of the molecule is COCC(CO)NS(=O)(=O)c1cc(Cl)c(Br)s1. The molecule has 5 nitrogen and oxygen atoms in total. The van der Waals surface area contributed by atoms with Gasteiger partial charge in [0.15, 0.2) is 0 Å². The predicted molar refractivity (Wildman–Crippen MR) is 70.1 cm³/mol. The lowest BCUT2D eigenvalue weighted by atomic mass is 10.4. The monoisotopic (exact) mass is 363 g/mol. The molecular formula is C8H11BrClNO4S2. The molecule has 0 aliphatic heterocycles. The second-order valence-electron chi connectivity index (χ2n) is 3.14. The summed E-state index contributed by atoms with van der Waals surface area (Å²) in [6, 6.07) is 0.671. The molecule has 0 saturated carbocycles. The van der Waals surface area contributed by atoms with Gasteiger partial charge < -0.3 is 9.84 Å². The summed E-state index contributed by atoms with van der Waals surface area (Å²) in [6.07, 6.45) is 0. The van der Waals surface area contributed by atoms with Gasteiger partial charge >= 0.3 is 0 Å². The second-order valence-corrected chi connectivity index (χ2v) is 7.86. The van der Waals surface area contributed by atoms with Crippen molar-refractivity contribution in [2.75, 3.05) is 20.3 Å². The minimum absolute atomic E-state index is 0.0870. The summed E-state index contributed by atoms with van der Waals surface area (Å²) >= 11 is 9.91. The molecule has 1 unspecified atom stereocenters. The predicted octanol–water partition coefficient (Wildman–Crippen LogP) is 1.45. The summed E-state index contributed by atoms with van der Waals surface area (Å²) in [5.41, 5.74) is 0.